The van der Waals surface area contributed by atoms with E-state index in [1.807, 2.05) is 19.1 Å². The molecule has 0 unspecified atom stereocenters. The quantitative estimate of drug-likeness (QED) is 0.888. The summed E-state index contributed by atoms with van der Waals surface area (Å²) in [6.07, 6.45) is 2.83. The molecule has 0 atom stereocenters. The molecule has 0 radical (unpaired) electrons. The van der Waals surface area contributed by atoms with E-state index in [-0.39, 0.29) is 5.91 Å². The summed E-state index contributed by atoms with van der Waals surface area (Å²) in [5.41, 5.74) is 0.717. The van der Waals surface area contributed by atoms with Crippen molar-refractivity contribution in [3.05, 3.63) is 53.2 Å². The van der Waals surface area contributed by atoms with Gasteiger partial charge in [0.15, 0.2) is 0 Å². The summed E-state index contributed by atoms with van der Waals surface area (Å²) in [6.45, 7) is 2.15. The van der Waals surface area contributed by atoms with Gasteiger partial charge < -0.3 is 9.73 Å². The summed E-state index contributed by atoms with van der Waals surface area (Å²) in [7, 11) is 0. The van der Waals surface area contributed by atoms with Crippen LogP contribution < -0.4 is 5.32 Å². The average molecular weight is 241 g/mol. The van der Waals surface area contributed by atoms with Crippen LogP contribution in [0.2, 0.25) is 0 Å². The first kappa shape index (κ1) is 11.9. The third-order valence-electron chi connectivity index (χ3n) is 2.35. The number of nitrogens with zero attached hydrogens (tertiary/aromatic N) is 2. The van der Waals surface area contributed by atoms with Crippen molar-refractivity contribution in [2.45, 2.75) is 13.5 Å². The van der Waals surface area contributed by atoms with Gasteiger partial charge in [0.05, 0.1) is 17.7 Å². The van der Waals surface area contributed by atoms with Crippen LogP contribution in [0.5, 0.6) is 0 Å². The van der Waals surface area contributed by atoms with E-state index in [1.54, 1.807) is 6.07 Å². The van der Waals surface area contributed by atoms with Crippen molar-refractivity contribution in [3.8, 4) is 6.07 Å². The summed E-state index contributed by atoms with van der Waals surface area (Å²) < 4.78 is 5.33. The van der Waals surface area contributed by atoms with Crippen LogP contribution in [0.3, 0.4) is 0 Å². The molecule has 2 aromatic heterocycles. The summed E-state index contributed by atoms with van der Waals surface area (Å²) in [4.78, 5) is 15.6. The topological polar surface area (TPSA) is 78.9 Å². The first-order valence-electron chi connectivity index (χ1n) is 5.37. The molecule has 2 aromatic rings. The number of carbonyl (C=O) groups is 1. The fourth-order valence-corrected chi connectivity index (χ4v) is 1.47. The van der Waals surface area contributed by atoms with E-state index in [9.17, 15) is 4.79 Å². The third-order valence-corrected chi connectivity index (χ3v) is 2.35. The van der Waals surface area contributed by atoms with E-state index in [2.05, 4.69) is 10.3 Å². The van der Waals surface area contributed by atoms with E-state index in [1.165, 1.54) is 18.5 Å². The second kappa shape index (κ2) is 5.15. The van der Waals surface area contributed by atoms with E-state index in [0.29, 0.717) is 23.4 Å². The smallest absolute Gasteiger partial charge is 0.253 e. The molecule has 2 heterocycles. The van der Waals surface area contributed by atoms with Gasteiger partial charge in [-0.3, -0.25) is 9.78 Å². The van der Waals surface area contributed by atoms with Crippen molar-refractivity contribution in [1.29, 1.82) is 5.26 Å². The van der Waals surface area contributed by atoms with Crippen molar-refractivity contribution in [2.75, 3.05) is 0 Å². The fourth-order valence-electron chi connectivity index (χ4n) is 1.47. The number of rotatable bonds is 3. The van der Waals surface area contributed by atoms with Gasteiger partial charge in [0.1, 0.15) is 17.6 Å². The summed E-state index contributed by atoms with van der Waals surface area (Å²) in [5, 5.41) is 11.4. The van der Waals surface area contributed by atoms with Crippen molar-refractivity contribution in [1.82, 2.24) is 10.3 Å². The minimum atomic E-state index is -0.284. The number of amides is 1. The Morgan fingerprint density at radius 2 is 2.33 bits per heavy atom. The van der Waals surface area contributed by atoms with Crippen LogP contribution in [-0.4, -0.2) is 10.9 Å². The van der Waals surface area contributed by atoms with E-state index in [4.69, 9.17) is 9.68 Å². The Hall–Kier alpha value is -2.61. The van der Waals surface area contributed by atoms with Gasteiger partial charge in [-0.1, -0.05) is 0 Å². The number of nitriles is 1. The molecule has 0 saturated heterocycles. The number of furan rings is 1. The van der Waals surface area contributed by atoms with Gasteiger partial charge in [0.2, 0.25) is 0 Å². The number of aromatic nitrogens is 1. The zero-order valence-corrected chi connectivity index (χ0v) is 9.80. The van der Waals surface area contributed by atoms with E-state index in [0.717, 1.165) is 5.76 Å². The van der Waals surface area contributed by atoms with Crippen LogP contribution in [0.15, 0.2) is 35.0 Å². The second-order valence-corrected chi connectivity index (χ2v) is 3.77. The van der Waals surface area contributed by atoms with Crippen LogP contribution in [0.1, 0.15) is 27.4 Å². The van der Waals surface area contributed by atoms with Crippen LogP contribution in [0, 0.1) is 18.3 Å². The second-order valence-electron chi connectivity index (χ2n) is 3.77. The molecule has 0 saturated carbocycles. The van der Waals surface area contributed by atoms with E-state index < -0.39 is 0 Å². The Balaban J connectivity index is 2.01. The van der Waals surface area contributed by atoms with Crippen LogP contribution >= 0.6 is 0 Å². The molecular weight excluding hydrogens is 230 g/mol. The molecule has 1 N–H and O–H groups in total. The normalized spacial score (nSPS) is 9.78. The van der Waals surface area contributed by atoms with Gasteiger partial charge >= 0.3 is 0 Å². The van der Waals surface area contributed by atoms with Crippen LogP contribution in [0.25, 0.3) is 0 Å². The Labute approximate surface area is 104 Å². The number of hydrogen-bond acceptors (Lipinski definition) is 4. The van der Waals surface area contributed by atoms with E-state index >= 15 is 0 Å². The van der Waals surface area contributed by atoms with Gasteiger partial charge in [0.25, 0.3) is 5.91 Å². The number of pyridine rings is 1. The lowest BCUT2D eigenvalue weighted by Crippen LogP contribution is -2.22. The van der Waals surface area contributed by atoms with Crippen molar-refractivity contribution in [3.63, 3.8) is 0 Å². The molecule has 5 nitrogen and oxygen atoms in total. The summed E-state index contributed by atoms with van der Waals surface area (Å²) >= 11 is 0. The largest absolute Gasteiger partial charge is 0.465 e. The predicted molar refractivity (Wildman–Crippen MR) is 63.6 cm³/mol. The lowest BCUT2D eigenvalue weighted by Gasteiger charge is -2.03. The number of aryl methyl sites for hydroxylation is 1. The Bertz CT molecular complexity index is 611. The molecule has 0 aliphatic rings. The van der Waals surface area contributed by atoms with Gasteiger partial charge in [-0.15, -0.1) is 0 Å². The molecule has 0 spiro atoms. The van der Waals surface area contributed by atoms with Gasteiger partial charge in [-0.2, -0.15) is 5.26 Å². The standard InChI is InChI=1S/C13H11N3O2/c1-9-2-3-12(18-9)8-16-13(17)11-4-10(5-14)6-15-7-11/h2-4,6-7H,8H2,1H3,(H,16,17). The van der Waals surface area contributed by atoms with Crippen LogP contribution in [0.4, 0.5) is 0 Å². The third kappa shape index (κ3) is 2.74. The lowest BCUT2D eigenvalue weighted by atomic mass is 10.2. The molecule has 0 aliphatic carbocycles. The summed E-state index contributed by atoms with van der Waals surface area (Å²) in [6, 6.07) is 7.07. The molecular formula is C13H11N3O2. The van der Waals surface area contributed by atoms with Gasteiger partial charge in [-0.05, 0) is 25.1 Å². The SMILES string of the molecule is Cc1ccc(CNC(=O)c2cncc(C#N)c2)o1. The Morgan fingerprint density at radius 3 is 3.00 bits per heavy atom. The number of hydrogen-bond donors (Lipinski definition) is 1. The molecule has 1 amide bonds. The van der Waals surface area contributed by atoms with Gasteiger partial charge in [-0.25, -0.2) is 0 Å². The lowest BCUT2D eigenvalue weighted by molar-refractivity contribution is 0.0947. The number of nitrogens with one attached hydrogen (secondary N) is 1. The first-order chi connectivity index (χ1) is 8.69. The highest BCUT2D eigenvalue weighted by atomic mass is 16.3. The maximum atomic E-state index is 11.8. The number of carbonyl (C=O) groups excluding carboxylic acids is 1. The molecule has 18 heavy (non-hydrogen) atoms. The average Bonchev–Trinajstić information content (AvgIpc) is 2.82. The molecule has 5 heteroatoms. The molecule has 0 aliphatic heterocycles. The maximum Gasteiger partial charge on any atom is 0.253 e. The highest BCUT2D eigenvalue weighted by molar-refractivity contribution is 5.94. The van der Waals surface area contributed by atoms with Crippen molar-refractivity contribution >= 4 is 5.91 Å². The molecule has 0 bridgehead atoms. The Kier molecular flexibility index (Phi) is 3.39. The minimum Gasteiger partial charge on any atom is -0.465 e. The molecule has 2 rings (SSSR count). The molecule has 0 aromatic carbocycles. The zero-order valence-electron chi connectivity index (χ0n) is 9.80. The predicted octanol–water partition coefficient (Wildman–Crippen LogP) is 1.78. The Morgan fingerprint density at radius 1 is 1.50 bits per heavy atom. The first-order valence-corrected chi connectivity index (χ1v) is 5.37. The van der Waals surface area contributed by atoms with Gasteiger partial charge in [0, 0.05) is 12.4 Å². The van der Waals surface area contributed by atoms with Crippen molar-refractivity contribution < 1.29 is 9.21 Å². The fraction of sp³-hybridized carbons (Fsp3) is 0.154. The highest BCUT2D eigenvalue weighted by Gasteiger charge is 2.07. The van der Waals surface area contributed by atoms with Crippen molar-refractivity contribution in [2.24, 2.45) is 0 Å². The summed E-state index contributed by atoms with van der Waals surface area (Å²) in [5.74, 6) is 1.20. The minimum absolute atomic E-state index is 0.284. The molecule has 0 fully saturated rings. The highest BCUT2D eigenvalue weighted by Crippen LogP contribution is 2.06. The molecule has 90 valence electrons. The monoisotopic (exact) mass is 241 g/mol. The van der Waals surface area contributed by atoms with Crippen LogP contribution in [-0.2, 0) is 6.54 Å². The maximum absolute atomic E-state index is 11.8. The zero-order chi connectivity index (χ0) is 13.0.